The Morgan fingerprint density at radius 3 is 2.80 bits per heavy atom. The van der Waals surface area contributed by atoms with Gasteiger partial charge in [-0.1, -0.05) is 19.1 Å². The molecular formula is C12H12NO2-. The zero-order valence-electron chi connectivity index (χ0n) is 8.76. The normalized spacial score (nSPS) is 10.8. The molecule has 0 spiro atoms. The van der Waals surface area contributed by atoms with Gasteiger partial charge in [0, 0.05) is 10.9 Å². The van der Waals surface area contributed by atoms with Crippen molar-refractivity contribution in [1.29, 1.82) is 0 Å². The molecule has 0 atom stereocenters. The van der Waals surface area contributed by atoms with E-state index in [2.05, 4.69) is 11.9 Å². The highest BCUT2D eigenvalue weighted by molar-refractivity contribution is 5.97. The topological polar surface area (TPSA) is 55.9 Å². The van der Waals surface area contributed by atoms with Crippen LogP contribution in [0, 0.1) is 6.92 Å². The van der Waals surface area contributed by atoms with E-state index < -0.39 is 5.97 Å². The Bertz CT molecular complexity index is 526. The third kappa shape index (κ3) is 1.40. The third-order valence-corrected chi connectivity index (χ3v) is 2.75. The van der Waals surface area contributed by atoms with Gasteiger partial charge in [-0.15, -0.1) is 0 Å². The van der Waals surface area contributed by atoms with Crippen molar-refractivity contribution in [3.8, 4) is 0 Å². The molecule has 2 aromatic rings. The number of hydrogen-bond acceptors (Lipinski definition) is 2. The number of benzene rings is 1. The van der Waals surface area contributed by atoms with Crippen LogP contribution < -0.4 is 5.11 Å². The quantitative estimate of drug-likeness (QED) is 0.800. The largest absolute Gasteiger partial charge is 0.543 e. The monoisotopic (exact) mass is 202 g/mol. The van der Waals surface area contributed by atoms with Gasteiger partial charge in [-0.25, -0.2) is 0 Å². The van der Waals surface area contributed by atoms with E-state index in [1.807, 2.05) is 25.1 Å². The van der Waals surface area contributed by atoms with Crippen molar-refractivity contribution < 1.29 is 9.90 Å². The van der Waals surface area contributed by atoms with Gasteiger partial charge in [0.05, 0.1) is 11.7 Å². The smallest absolute Gasteiger partial charge is 0.0881 e. The molecule has 1 aromatic carbocycles. The van der Waals surface area contributed by atoms with Crippen molar-refractivity contribution in [2.24, 2.45) is 0 Å². The lowest BCUT2D eigenvalue weighted by atomic mass is 10.0. The lowest BCUT2D eigenvalue weighted by Gasteiger charge is -2.01. The maximum absolute atomic E-state index is 10.8. The molecule has 0 fully saturated rings. The van der Waals surface area contributed by atoms with E-state index >= 15 is 0 Å². The number of carboxylic acids is 1. The number of nitrogens with one attached hydrogen (secondary N) is 1. The van der Waals surface area contributed by atoms with Gasteiger partial charge in [0.2, 0.25) is 0 Å². The number of carbonyl (C=O) groups is 1. The summed E-state index contributed by atoms with van der Waals surface area (Å²) in [5.41, 5.74) is 2.98. The number of fused-ring (bicyclic) bond motifs is 1. The number of hydrogen-bond donors (Lipinski definition) is 1. The predicted molar refractivity (Wildman–Crippen MR) is 56.7 cm³/mol. The fraction of sp³-hybridized carbons (Fsp3) is 0.250. The van der Waals surface area contributed by atoms with Crippen LogP contribution in [0.1, 0.15) is 28.5 Å². The van der Waals surface area contributed by atoms with Crippen LogP contribution >= 0.6 is 0 Å². The highest BCUT2D eigenvalue weighted by atomic mass is 16.4. The van der Waals surface area contributed by atoms with Gasteiger partial charge in [0.1, 0.15) is 0 Å². The number of rotatable bonds is 2. The van der Waals surface area contributed by atoms with E-state index in [0.717, 1.165) is 28.5 Å². The van der Waals surface area contributed by atoms with E-state index in [4.69, 9.17) is 0 Å². The molecule has 0 unspecified atom stereocenters. The first-order valence-corrected chi connectivity index (χ1v) is 4.96. The molecule has 0 saturated carbocycles. The van der Waals surface area contributed by atoms with Crippen molar-refractivity contribution in [2.75, 3.05) is 0 Å². The van der Waals surface area contributed by atoms with Crippen molar-refractivity contribution >= 4 is 16.9 Å². The lowest BCUT2D eigenvalue weighted by molar-refractivity contribution is -0.255. The highest BCUT2D eigenvalue weighted by Crippen LogP contribution is 2.25. The molecule has 0 saturated heterocycles. The highest BCUT2D eigenvalue weighted by Gasteiger charge is 2.10. The lowest BCUT2D eigenvalue weighted by Crippen LogP contribution is -2.23. The summed E-state index contributed by atoms with van der Waals surface area (Å²) < 4.78 is 0. The Morgan fingerprint density at radius 1 is 1.47 bits per heavy atom. The van der Waals surface area contributed by atoms with E-state index in [-0.39, 0.29) is 5.69 Å². The first-order valence-electron chi connectivity index (χ1n) is 4.96. The zero-order valence-corrected chi connectivity index (χ0v) is 8.76. The van der Waals surface area contributed by atoms with Crippen LogP contribution in [0.2, 0.25) is 0 Å². The van der Waals surface area contributed by atoms with Gasteiger partial charge in [-0.05, 0) is 30.5 Å². The van der Waals surface area contributed by atoms with E-state index in [1.54, 1.807) is 0 Å². The van der Waals surface area contributed by atoms with E-state index in [0.29, 0.717) is 0 Å². The Labute approximate surface area is 87.7 Å². The molecule has 1 N–H and O–H groups in total. The molecule has 1 heterocycles. The predicted octanol–water partition coefficient (Wildman–Crippen LogP) is 1.40. The number of aryl methyl sites for hydroxylation is 2. The summed E-state index contributed by atoms with van der Waals surface area (Å²) >= 11 is 0. The molecule has 0 radical (unpaired) electrons. The summed E-state index contributed by atoms with van der Waals surface area (Å²) in [7, 11) is 0. The van der Waals surface area contributed by atoms with Gasteiger partial charge in [0.15, 0.2) is 0 Å². The molecule has 2 rings (SSSR count). The van der Waals surface area contributed by atoms with E-state index in [1.165, 1.54) is 0 Å². The van der Waals surface area contributed by atoms with Crippen LogP contribution in [0.25, 0.3) is 10.9 Å². The second-order valence-electron chi connectivity index (χ2n) is 3.61. The number of H-pyrrole nitrogens is 1. The average molecular weight is 202 g/mol. The summed E-state index contributed by atoms with van der Waals surface area (Å²) in [6.45, 7) is 3.86. The summed E-state index contributed by atoms with van der Waals surface area (Å²) in [5.74, 6) is -1.15. The van der Waals surface area contributed by atoms with Crippen LogP contribution in [0.15, 0.2) is 18.2 Å². The first kappa shape index (κ1) is 9.77. The average Bonchev–Trinajstić information content (AvgIpc) is 2.56. The molecule has 0 bridgehead atoms. The third-order valence-electron chi connectivity index (χ3n) is 2.75. The Kier molecular flexibility index (Phi) is 2.23. The molecule has 78 valence electrons. The van der Waals surface area contributed by atoms with Crippen LogP contribution in [-0.2, 0) is 6.42 Å². The molecule has 15 heavy (non-hydrogen) atoms. The van der Waals surface area contributed by atoms with Crippen LogP contribution in [0.5, 0.6) is 0 Å². The molecule has 1 aromatic heterocycles. The van der Waals surface area contributed by atoms with Gasteiger partial charge in [0.25, 0.3) is 0 Å². The number of aromatic carboxylic acids is 1. The minimum absolute atomic E-state index is 0.186. The Balaban J connectivity index is 2.82. The van der Waals surface area contributed by atoms with Crippen LogP contribution in [-0.4, -0.2) is 11.0 Å². The number of carboxylic acid groups (broad SMARTS) is 1. The summed E-state index contributed by atoms with van der Waals surface area (Å²) in [6.07, 6.45) is 0.891. The molecule has 3 nitrogen and oxygen atoms in total. The first-order chi connectivity index (χ1) is 7.15. The summed E-state index contributed by atoms with van der Waals surface area (Å²) in [6, 6.07) is 5.83. The number of carbonyl (C=O) groups excluding carboxylic acids is 1. The van der Waals surface area contributed by atoms with Gasteiger partial charge < -0.3 is 14.9 Å². The minimum atomic E-state index is -1.15. The molecule has 0 aliphatic heterocycles. The number of aromatic nitrogens is 1. The minimum Gasteiger partial charge on any atom is -0.543 e. The molecule has 0 aliphatic carbocycles. The Hall–Kier alpha value is -1.77. The van der Waals surface area contributed by atoms with Crippen molar-refractivity contribution in [3.05, 3.63) is 35.0 Å². The zero-order chi connectivity index (χ0) is 11.0. The number of aromatic amines is 1. The van der Waals surface area contributed by atoms with Gasteiger partial charge in [-0.2, -0.15) is 0 Å². The van der Waals surface area contributed by atoms with Crippen molar-refractivity contribution in [1.82, 2.24) is 4.98 Å². The molecule has 0 aliphatic rings. The summed E-state index contributed by atoms with van der Waals surface area (Å²) in [4.78, 5) is 13.7. The molecule has 3 heteroatoms. The standard InChI is InChI=1S/C12H13NO2/c1-3-8-5-4-6-9-10(8)7(2)11(13-9)12(14)15/h4-6,13H,3H2,1-2H3,(H,14,15)/p-1. The van der Waals surface area contributed by atoms with Gasteiger partial charge >= 0.3 is 0 Å². The van der Waals surface area contributed by atoms with Crippen molar-refractivity contribution in [3.63, 3.8) is 0 Å². The molecule has 0 amide bonds. The fourth-order valence-corrected chi connectivity index (χ4v) is 2.00. The molecular weight excluding hydrogens is 190 g/mol. The van der Waals surface area contributed by atoms with Crippen LogP contribution in [0.4, 0.5) is 0 Å². The van der Waals surface area contributed by atoms with E-state index in [9.17, 15) is 9.90 Å². The SMILES string of the molecule is CCc1cccc2[nH]c(C(=O)[O-])c(C)c12. The van der Waals surface area contributed by atoms with Gasteiger partial charge in [-0.3, -0.25) is 0 Å². The maximum Gasteiger partial charge on any atom is 0.0881 e. The Morgan fingerprint density at radius 2 is 2.20 bits per heavy atom. The maximum atomic E-state index is 10.8. The summed E-state index contributed by atoms with van der Waals surface area (Å²) in [5, 5.41) is 11.9. The van der Waals surface area contributed by atoms with Crippen molar-refractivity contribution in [2.45, 2.75) is 20.3 Å². The second-order valence-corrected chi connectivity index (χ2v) is 3.61. The van der Waals surface area contributed by atoms with Crippen LogP contribution in [0.3, 0.4) is 0 Å². The second kappa shape index (κ2) is 3.42. The fourth-order valence-electron chi connectivity index (χ4n) is 2.00.